The standard InChI is InChI=1S/C14H21N5O/c15-18-13-8-16-12(7-17-13)14(20)19-6-5-10-3-1-2-4-11(10)9-19/h7-8,10-11H,1-6,9,15H2,(H,17,18). The number of amides is 1. The highest BCUT2D eigenvalue weighted by Crippen LogP contribution is 2.36. The normalized spacial score (nSPS) is 25.9. The highest BCUT2D eigenvalue weighted by atomic mass is 16.2. The molecule has 0 bridgehead atoms. The summed E-state index contributed by atoms with van der Waals surface area (Å²) in [4.78, 5) is 22.6. The first-order valence-corrected chi connectivity index (χ1v) is 7.36. The Bertz CT molecular complexity index is 475. The van der Waals surface area contributed by atoms with Gasteiger partial charge in [-0.1, -0.05) is 19.3 Å². The fourth-order valence-electron chi connectivity index (χ4n) is 3.46. The van der Waals surface area contributed by atoms with Crippen LogP contribution in [-0.4, -0.2) is 33.9 Å². The van der Waals surface area contributed by atoms with Crippen LogP contribution in [0.25, 0.3) is 0 Å². The first-order valence-electron chi connectivity index (χ1n) is 7.36. The second-order valence-corrected chi connectivity index (χ2v) is 5.78. The van der Waals surface area contributed by atoms with Gasteiger partial charge in [-0.3, -0.25) is 4.79 Å². The number of hydrogen-bond donors (Lipinski definition) is 2. The number of nitrogens with zero attached hydrogens (tertiary/aromatic N) is 3. The largest absolute Gasteiger partial charge is 0.337 e. The Morgan fingerprint density at radius 2 is 2.00 bits per heavy atom. The lowest BCUT2D eigenvalue weighted by molar-refractivity contribution is 0.0515. The molecule has 20 heavy (non-hydrogen) atoms. The predicted octanol–water partition coefficient (Wildman–Crippen LogP) is 1.41. The highest BCUT2D eigenvalue weighted by Gasteiger charge is 2.33. The fourth-order valence-corrected chi connectivity index (χ4v) is 3.46. The fraction of sp³-hybridized carbons (Fsp3) is 0.643. The monoisotopic (exact) mass is 275 g/mol. The average Bonchev–Trinajstić information content (AvgIpc) is 2.54. The quantitative estimate of drug-likeness (QED) is 0.630. The van der Waals surface area contributed by atoms with E-state index in [0.29, 0.717) is 17.4 Å². The van der Waals surface area contributed by atoms with Crippen LogP contribution in [0.2, 0.25) is 0 Å². The summed E-state index contributed by atoms with van der Waals surface area (Å²) in [5, 5.41) is 0. The molecule has 1 aliphatic carbocycles. The Morgan fingerprint density at radius 3 is 2.70 bits per heavy atom. The van der Waals surface area contributed by atoms with Crippen LogP contribution < -0.4 is 11.3 Å². The van der Waals surface area contributed by atoms with Gasteiger partial charge in [-0.05, 0) is 24.7 Å². The van der Waals surface area contributed by atoms with Crippen LogP contribution in [0.4, 0.5) is 5.82 Å². The summed E-state index contributed by atoms with van der Waals surface area (Å²) in [6.07, 6.45) is 9.37. The Morgan fingerprint density at radius 1 is 1.20 bits per heavy atom. The zero-order chi connectivity index (χ0) is 13.9. The molecule has 1 saturated carbocycles. The summed E-state index contributed by atoms with van der Waals surface area (Å²) in [6, 6.07) is 0. The molecule has 3 rings (SSSR count). The number of carbonyl (C=O) groups excluding carboxylic acids is 1. The molecule has 2 aliphatic rings. The molecule has 1 aromatic rings. The Balaban J connectivity index is 1.67. The molecule has 0 radical (unpaired) electrons. The van der Waals surface area contributed by atoms with Crippen molar-refractivity contribution in [3.05, 3.63) is 18.1 Å². The van der Waals surface area contributed by atoms with Gasteiger partial charge in [0, 0.05) is 13.1 Å². The number of likely N-dealkylation sites (tertiary alicyclic amines) is 1. The number of hydrazine groups is 1. The van der Waals surface area contributed by atoms with Gasteiger partial charge in [-0.15, -0.1) is 0 Å². The second kappa shape index (κ2) is 5.75. The van der Waals surface area contributed by atoms with Crippen LogP contribution in [0.3, 0.4) is 0 Å². The maximum Gasteiger partial charge on any atom is 0.274 e. The van der Waals surface area contributed by atoms with Crippen LogP contribution in [-0.2, 0) is 0 Å². The van der Waals surface area contributed by atoms with Crippen molar-refractivity contribution in [1.82, 2.24) is 14.9 Å². The van der Waals surface area contributed by atoms with Crippen molar-refractivity contribution >= 4 is 11.7 Å². The van der Waals surface area contributed by atoms with E-state index in [1.54, 1.807) is 0 Å². The van der Waals surface area contributed by atoms with Crippen molar-refractivity contribution in [3.8, 4) is 0 Å². The second-order valence-electron chi connectivity index (χ2n) is 5.78. The van der Waals surface area contributed by atoms with E-state index in [1.807, 2.05) is 4.90 Å². The van der Waals surface area contributed by atoms with Crippen molar-refractivity contribution in [2.24, 2.45) is 17.7 Å². The van der Waals surface area contributed by atoms with Gasteiger partial charge in [-0.25, -0.2) is 15.8 Å². The summed E-state index contributed by atoms with van der Waals surface area (Å²) in [5.41, 5.74) is 2.81. The lowest BCUT2D eigenvalue weighted by Crippen LogP contribution is -2.45. The Hall–Kier alpha value is -1.69. The number of fused-ring (bicyclic) bond motifs is 1. The zero-order valence-electron chi connectivity index (χ0n) is 11.6. The smallest absolute Gasteiger partial charge is 0.274 e. The van der Waals surface area contributed by atoms with Crippen molar-refractivity contribution in [2.75, 3.05) is 18.5 Å². The molecule has 2 atom stereocenters. The number of rotatable bonds is 2. The van der Waals surface area contributed by atoms with Gasteiger partial charge in [0.2, 0.25) is 0 Å². The molecule has 2 unspecified atom stereocenters. The van der Waals surface area contributed by atoms with Gasteiger partial charge < -0.3 is 10.3 Å². The van der Waals surface area contributed by atoms with E-state index < -0.39 is 0 Å². The molecule has 0 spiro atoms. The molecule has 1 aromatic heterocycles. The number of carbonyl (C=O) groups is 1. The topological polar surface area (TPSA) is 84.1 Å². The number of piperidine rings is 1. The van der Waals surface area contributed by atoms with E-state index in [2.05, 4.69) is 15.4 Å². The highest BCUT2D eigenvalue weighted by molar-refractivity contribution is 5.92. The molecule has 0 aromatic carbocycles. The number of anilines is 1. The SMILES string of the molecule is NNc1cnc(C(=O)N2CCC3CCCCC3C2)cn1. The summed E-state index contributed by atoms with van der Waals surface area (Å²) in [5.74, 6) is 7.20. The minimum Gasteiger partial charge on any atom is -0.337 e. The van der Waals surface area contributed by atoms with Crippen molar-refractivity contribution in [1.29, 1.82) is 0 Å². The van der Waals surface area contributed by atoms with Crippen LogP contribution in [0.5, 0.6) is 0 Å². The average molecular weight is 275 g/mol. The van der Waals surface area contributed by atoms with Crippen molar-refractivity contribution in [2.45, 2.75) is 32.1 Å². The molecule has 6 nitrogen and oxygen atoms in total. The van der Waals surface area contributed by atoms with Gasteiger partial charge in [0.25, 0.3) is 5.91 Å². The van der Waals surface area contributed by atoms with Gasteiger partial charge in [0.1, 0.15) is 5.69 Å². The zero-order valence-corrected chi connectivity index (χ0v) is 11.6. The van der Waals surface area contributed by atoms with Gasteiger partial charge >= 0.3 is 0 Å². The minimum absolute atomic E-state index is 0.00917. The molecule has 108 valence electrons. The van der Waals surface area contributed by atoms with Gasteiger partial charge in [0.15, 0.2) is 5.82 Å². The first-order chi connectivity index (χ1) is 9.78. The van der Waals surface area contributed by atoms with Gasteiger partial charge in [0.05, 0.1) is 12.4 Å². The first kappa shape index (κ1) is 13.3. The number of nitrogens with one attached hydrogen (secondary N) is 1. The molecule has 2 heterocycles. The Labute approximate surface area is 118 Å². The third kappa shape index (κ3) is 2.60. The molecule has 1 aliphatic heterocycles. The van der Waals surface area contributed by atoms with Crippen LogP contribution in [0, 0.1) is 11.8 Å². The molecule has 6 heteroatoms. The third-order valence-electron chi connectivity index (χ3n) is 4.60. The van der Waals surface area contributed by atoms with E-state index in [1.165, 1.54) is 38.1 Å². The van der Waals surface area contributed by atoms with E-state index in [9.17, 15) is 4.79 Å². The number of nitrogens with two attached hydrogens (primary N) is 1. The molecular formula is C14H21N5O. The summed E-state index contributed by atoms with van der Waals surface area (Å²) in [7, 11) is 0. The van der Waals surface area contributed by atoms with E-state index in [-0.39, 0.29) is 5.91 Å². The number of aromatic nitrogens is 2. The number of nitrogen functional groups attached to an aromatic ring is 1. The number of hydrogen-bond acceptors (Lipinski definition) is 5. The molecule has 1 amide bonds. The third-order valence-corrected chi connectivity index (χ3v) is 4.60. The Kier molecular flexibility index (Phi) is 3.82. The van der Waals surface area contributed by atoms with Crippen molar-refractivity contribution < 1.29 is 4.79 Å². The lowest BCUT2D eigenvalue weighted by atomic mass is 9.75. The molecular weight excluding hydrogens is 254 g/mol. The summed E-state index contributed by atoms with van der Waals surface area (Å²) < 4.78 is 0. The van der Waals surface area contributed by atoms with E-state index in [4.69, 9.17) is 5.84 Å². The molecule has 1 saturated heterocycles. The van der Waals surface area contributed by atoms with E-state index in [0.717, 1.165) is 25.4 Å². The molecule has 2 fully saturated rings. The van der Waals surface area contributed by atoms with Crippen molar-refractivity contribution in [3.63, 3.8) is 0 Å². The van der Waals surface area contributed by atoms with Crippen LogP contribution in [0.1, 0.15) is 42.6 Å². The predicted molar refractivity (Wildman–Crippen MR) is 75.8 cm³/mol. The summed E-state index contributed by atoms with van der Waals surface area (Å²) in [6.45, 7) is 1.72. The maximum atomic E-state index is 12.4. The maximum absolute atomic E-state index is 12.4. The van der Waals surface area contributed by atoms with Crippen LogP contribution in [0.15, 0.2) is 12.4 Å². The van der Waals surface area contributed by atoms with Crippen LogP contribution >= 0.6 is 0 Å². The summed E-state index contributed by atoms with van der Waals surface area (Å²) >= 11 is 0. The molecule has 3 N–H and O–H groups in total. The lowest BCUT2D eigenvalue weighted by Gasteiger charge is -2.41. The van der Waals surface area contributed by atoms with Gasteiger partial charge in [-0.2, -0.15) is 0 Å². The van der Waals surface area contributed by atoms with E-state index >= 15 is 0 Å². The minimum atomic E-state index is -0.00917.